The molecule has 1 aromatic carbocycles. The number of carboxylic acid groups (broad SMARTS) is 1. The fraction of sp³-hybridized carbons (Fsp3) is 0.385. The topological polar surface area (TPSA) is 101 Å². The lowest BCUT2D eigenvalue weighted by Gasteiger charge is -2.32. The second-order valence-corrected chi connectivity index (χ2v) is 4.65. The van der Waals surface area contributed by atoms with Gasteiger partial charge in [-0.05, 0) is 31.4 Å². The molecule has 2 rings (SSSR count). The summed E-state index contributed by atoms with van der Waals surface area (Å²) < 4.78 is 0. The van der Waals surface area contributed by atoms with Crippen molar-refractivity contribution in [1.29, 1.82) is 0 Å². The summed E-state index contributed by atoms with van der Waals surface area (Å²) in [5.41, 5.74) is 0.165. The molecule has 1 aromatic rings. The summed E-state index contributed by atoms with van der Waals surface area (Å²) in [6.45, 7) is 0.396. The Kier molecular flexibility index (Phi) is 3.97. The number of carbonyl (C=O) groups is 2. The second-order valence-electron chi connectivity index (χ2n) is 4.65. The van der Waals surface area contributed by atoms with Crippen molar-refractivity contribution in [3.8, 4) is 0 Å². The first-order chi connectivity index (χ1) is 9.50. The molecule has 106 valence electrons. The maximum Gasteiger partial charge on any atom is 0.326 e. The highest BCUT2D eigenvalue weighted by Crippen LogP contribution is 2.21. The van der Waals surface area contributed by atoms with Gasteiger partial charge in [-0.25, -0.2) is 4.79 Å². The number of rotatable bonds is 3. The Bertz CT molecular complexity index is 540. The number of hydrogen-bond donors (Lipinski definition) is 1. The molecule has 0 aliphatic carbocycles. The van der Waals surface area contributed by atoms with E-state index in [4.69, 9.17) is 5.11 Å². The maximum atomic E-state index is 12.3. The van der Waals surface area contributed by atoms with Crippen molar-refractivity contribution in [3.05, 3.63) is 39.9 Å². The zero-order chi connectivity index (χ0) is 14.7. The van der Waals surface area contributed by atoms with E-state index in [9.17, 15) is 19.7 Å². The molecule has 7 nitrogen and oxygen atoms in total. The number of carbonyl (C=O) groups excluding carboxylic acids is 1. The first-order valence-corrected chi connectivity index (χ1v) is 6.29. The molecule has 0 unspecified atom stereocenters. The van der Waals surface area contributed by atoms with Gasteiger partial charge in [0, 0.05) is 24.2 Å². The maximum absolute atomic E-state index is 12.3. The van der Waals surface area contributed by atoms with Gasteiger partial charge in [-0.2, -0.15) is 0 Å². The lowest BCUT2D eigenvalue weighted by Crippen LogP contribution is -2.47. The summed E-state index contributed by atoms with van der Waals surface area (Å²) in [6.07, 6.45) is 1.98. The minimum atomic E-state index is -1.01. The van der Waals surface area contributed by atoms with Gasteiger partial charge in [-0.1, -0.05) is 0 Å². The monoisotopic (exact) mass is 278 g/mol. The molecule has 1 aliphatic rings. The zero-order valence-electron chi connectivity index (χ0n) is 10.7. The molecule has 1 aliphatic heterocycles. The highest BCUT2D eigenvalue weighted by molar-refractivity contribution is 5.96. The van der Waals surface area contributed by atoms with E-state index in [0.717, 1.165) is 12.8 Å². The van der Waals surface area contributed by atoms with E-state index in [1.54, 1.807) is 0 Å². The van der Waals surface area contributed by atoms with Crippen molar-refractivity contribution in [2.45, 2.75) is 25.3 Å². The van der Waals surface area contributed by atoms with E-state index >= 15 is 0 Å². The Morgan fingerprint density at radius 1 is 1.25 bits per heavy atom. The van der Waals surface area contributed by atoms with Crippen LogP contribution in [0, 0.1) is 10.1 Å². The van der Waals surface area contributed by atoms with Gasteiger partial charge in [-0.3, -0.25) is 14.9 Å². The Hall–Kier alpha value is -2.44. The van der Waals surface area contributed by atoms with E-state index in [-0.39, 0.29) is 11.3 Å². The quantitative estimate of drug-likeness (QED) is 0.669. The minimum absolute atomic E-state index is 0.102. The van der Waals surface area contributed by atoms with Gasteiger partial charge in [0.15, 0.2) is 0 Å². The smallest absolute Gasteiger partial charge is 0.326 e. The molecule has 1 fully saturated rings. The van der Waals surface area contributed by atoms with Crippen molar-refractivity contribution in [2.24, 2.45) is 0 Å². The molecular weight excluding hydrogens is 264 g/mol. The number of nitro groups is 1. The molecule has 1 atom stereocenters. The minimum Gasteiger partial charge on any atom is -0.480 e. The average Bonchev–Trinajstić information content (AvgIpc) is 2.46. The van der Waals surface area contributed by atoms with Crippen LogP contribution in [0.25, 0.3) is 0 Å². The molecule has 1 saturated heterocycles. The summed E-state index contributed by atoms with van der Waals surface area (Å²) in [6, 6.07) is 4.38. The standard InChI is InChI=1S/C13H14N2O5/c16-12(9-4-6-10(7-5-9)15(19)20)14-8-2-1-3-11(14)13(17)18/h4-7,11H,1-3,8H2,(H,17,18)/t11-/m0/s1. The molecule has 0 aromatic heterocycles. The van der Waals surface area contributed by atoms with Crippen LogP contribution in [0.3, 0.4) is 0 Å². The summed E-state index contributed by atoms with van der Waals surface area (Å²) in [4.78, 5) is 34.8. The van der Waals surface area contributed by atoms with Crippen molar-refractivity contribution < 1.29 is 19.6 Å². The Morgan fingerprint density at radius 2 is 1.90 bits per heavy atom. The fourth-order valence-corrected chi connectivity index (χ4v) is 2.32. The Labute approximate surface area is 115 Å². The third-order valence-electron chi connectivity index (χ3n) is 3.37. The van der Waals surface area contributed by atoms with Gasteiger partial charge in [0.1, 0.15) is 6.04 Å². The van der Waals surface area contributed by atoms with Crippen molar-refractivity contribution >= 4 is 17.6 Å². The molecule has 1 amide bonds. The number of amides is 1. The van der Waals surface area contributed by atoms with E-state index in [1.807, 2.05) is 0 Å². The summed E-state index contributed by atoms with van der Waals surface area (Å²) >= 11 is 0. The number of likely N-dealkylation sites (tertiary alicyclic amines) is 1. The fourth-order valence-electron chi connectivity index (χ4n) is 2.32. The van der Waals surface area contributed by atoms with Crippen molar-refractivity contribution in [2.75, 3.05) is 6.54 Å². The average molecular weight is 278 g/mol. The van der Waals surface area contributed by atoms with Crippen molar-refractivity contribution in [1.82, 2.24) is 4.90 Å². The number of nitrogens with zero attached hydrogens (tertiary/aromatic N) is 2. The molecule has 0 bridgehead atoms. The molecular formula is C13H14N2O5. The summed E-state index contributed by atoms with van der Waals surface area (Å²) in [7, 11) is 0. The molecule has 20 heavy (non-hydrogen) atoms. The predicted octanol–water partition coefficient (Wildman–Crippen LogP) is 1.67. The predicted molar refractivity (Wildman–Crippen MR) is 69.4 cm³/mol. The Balaban J connectivity index is 2.20. The van der Waals surface area contributed by atoms with Gasteiger partial charge < -0.3 is 10.0 Å². The number of hydrogen-bond acceptors (Lipinski definition) is 4. The SMILES string of the molecule is O=C(O)[C@@H]1CCCCN1C(=O)c1ccc([N+](=O)[O-])cc1. The number of nitro benzene ring substituents is 1. The zero-order valence-corrected chi connectivity index (χ0v) is 10.7. The first kappa shape index (κ1) is 14.0. The normalized spacial score (nSPS) is 18.6. The molecule has 1 N–H and O–H groups in total. The molecule has 0 spiro atoms. The third-order valence-corrected chi connectivity index (χ3v) is 3.37. The van der Waals surface area contributed by atoms with E-state index in [0.29, 0.717) is 13.0 Å². The van der Waals surface area contributed by atoms with Crippen LogP contribution >= 0.6 is 0 Å². The summed E-state index contributed by atoms with van der Waals surface area (Å²) in [5, 5.41) is 19.7. The van der Waals surface area contributed by atoms with E-state index < -0.39 is 22.8 Å². The highest BCUT2D eigenvalue weighted by Gasteiger charge is 2.32. The van der Waals surface area contributed by atoms with Gasteiger partial charge in [0.05, 0.1) is 4.92 Å². The van der Waals surface area contributed by atoms with Crippen LogP contribution in [0.2, 0.25) is 0 Å². The molecule has 0 radical (unpaired) electrons. The van der Waals surface area contributed by atoms with E-state index in [2.05, 4.69) is 0 Å². The van der Waals surface area contributed by atoms with Gasteiger partial charge in [-0.15, -0.1) is 0 Å². The molecule has 0 saturated carbocycles. The van der Waals surface area contributed by atoms with Gasteiger partial charge in [0.2, 0.25) is 0 Å². The second kappa shape index (κ2) is 5.68. The highest BCUT2D eigenvalue weighted by atomic mass is 16.6. The molecule has 7 heteroatoms. The number of aliphatic carboxylic acids is 1. The molecule has 1 heterocycles. The van der Waals surface area contributed by atoms with Gasteiger partial charge >= 0.3 is 5.97 Å². The first-order valence-electron chi connectivity index (χ1n) is 6.29. The van der Waals surface area contributed by atoms with Crippen LogP contribution in [-0.2, 0) is 4.79 Å². The van der Waals surface area contributed by atoms with Crippen LogP contribution < -0.4 is 0 Å². The lowest BCUT2D eigenvalue weighted by molar-refractivity contribution is -0.384. The van der Waals surface area contributed by atoms with Crippen LogP contribution in [0.5, 0.6) is 0 Å². The van der Waals surface area contributed by atoms with E-state index in [1.165, 1.54) is 29.2 Å². The summed E-state index contributed by atoms with van der Waals surface area (Å²) in [5.74, 6) is -1.41. The number of non-ortho nitro benzene ring substituents is 1. The largest absolute Gasteiger partial charge is 0.480 e. The van der Waals surface area contributed by atoms with Crippen LogP contribution in [-0.4, -0.2) is 39.4 Å². The van der Waals surface area contributed by atoms with Crippen molar-refractivity contribution in [3.63, 3.8) is 0 Å². The lowest BCUT2D eigenvalue weighted by atomic mass is 10.0. The van der Waals surface area contributed by atoms with Crippen LogP contribution in [0.15, 0.2) is 24.3 Å². The Morgan fingerprint density at radius 3 is 2.45 bits per heavy atom. The number of piperidine rings is 1. The van der Waals surface area contributed by atoms with Crippen LogP contribution in [0.4, 0.5) is 5.69 Å². The third kappa shape index (κ3) is 2.76. The van der Waals surface area contributed by atoms with Gasteiger partial charge in [0.25, 0.3) is 11.6 Å². The van der Waals surface area contributed by atoms with Crippen LogP contribution in [0.1, 0.15) is 29.6 Å². The number of benzene rings is 1. The number of carboxylic acids is 1.